The summed E-state index contributed by atoms with van der Waals surface area (Å²) in [5.74, 6) is 0. The van der Waals surface area contributed by atoms with E-state index < -0.39 is 0 Å². The fourth-order valence-corrected chi connectivity index (χ4v) is 4.61. The van der Waals surface area contributed by atoms with Crippen molar-refractivity contribution in [2.45, 2.75) is 50.7 Å². The number of rotatable bonds is 2. The van der Waals surface area contributed by atoms with Gasteiger partial charge in [0.1, 0.15) is 0 Å². The minimum atomic E-state index is 0.201. The maximum atomic E-state index is 2.33. The highest BCUT2D eigenvalue weighted by Crippen LogP contribution is 2.21. The molecule has 1 aliphatic heterocycles. The van der Waals surface area contributed by atoms with E-state index in [1.54, 1.807) is 31.0 Å². The van der Waals surface area contributed by atoms with Gasteiger partial charge in [0.2, 0.25) is 0 Å². The Kier molecular flexibility index (Phi) is 3.34. The zero-order valence-electron chi connectivity index (χ0n) is 6.45. The van der Waals surface area contributed by atoms with Crippen LogP contribution in [0.15, 0.2) is 0 Å². The van der Waals surface area contributed by atoms with Crippen LogP contribution in [0.3, 0.4) is 0 Å². The Morgan fingerprint density at radius 1 is 1.11 bits per heavy atom. The van der Waals surface area contributed by atoms with Crippen LogP contribution < -0.4 is 0 Å². The Bertz CT molecular complexity index is 62.2. The molecule has 0 amide bonds. The Morgan fingerprint density at radius 3 is 2.33 bits per heavy atom. The van der Waals surface area contributed by atoms with Gasteiger partial charge < -0.3 is 0 Å². The first kappa shape index (κ1) is 7.33. The maximum absolute atomic E-state index is 2.33. The molecular formula is C8H17Si. The Hall–Kier alpha value is 0.217. The molecule has 0 spiro atoms. The summed E-state index contributed by atoms with van der Waals surface area (Å²) in [6.45, 7) is 2.33. The van der Waals surface area contributed by atoms with Crippen LogP contribution in [0.1, 0.15) is 32.6 Å². The van der Waals surface area contributed by atoms with E-state index in [9.17, 15) is 0 Å². The molecule has 1 radical (unpaired) electrons. The van der Waals surface area contributed by atoms with Crippen molar-refractivity contribution in [3.63, 3.8) is 0 Å². The summed E-state index contributed by atoms with van der Waals surface area (Å²) >= 11 is 0. The molecule has 0 aromatic carbocycles. The summed E-state index contributed by atoms with van der Waals surface area (Å²) in [4.78, 5) is 0. The van der Waals surface area contributed by atoms with Gasteiger partial charge in [0.05, 0.1) is 0 Å². The molecule has 0 aliphatic carbocycles. The van der Waals surface area contributed by atoms with Crippen molar-refractivity contribution < 1.29 is 0 Å². The van der Waals surface area contributed by atoms with Crippen LogP contribution in [0.25, 0.3) is 0 Å². The molecule has 0 aromatic heterocycles. The van der Waals surface area contributed by atoms with Crippen LogP contribution in [-0.4, -0.2) is 8.80 Å². The van der Waals surface area contributed by atoms with E-state index >= 15 is 0 Å². The summed E-state index contributed by atoms with van der Waals surface area (Å²) in [5.41, 5.74) is 0. The van der Waals surface area contributed by atoms with E-state index in [0.717, 1.165) is 0 Å². The molecule has 0 saturated carbocycles. The van der Waals surface area contributed by atoms with Crippen molar-refractivity contribution in [1.82, 2.24) is 0 Å². The minimum absolute atomic E-state index is 0.201. The monoisotopic (exact) mass is 141 g/mol. The third-order valence-electron chi connectivity index (χ3n) is 2.16. The predicted octanol–water partition coefficient (Wildman–Crippen LogP) is 3.08. The molecule has 0 aromatic rings. The molecule has 0 bridgehead atoms. The molecule has 1 heteroatoms. The van der Waals surface area contributed by atoms with E-state index in [0.29, 0.717) is 0 Å². The number of hydrogen-bond donors (Lipinski definition) is 0. The lowest BCUT2D eigenvalue weighted by molar-refractivity contribution is 0.717. The van der Waals surface area contributed by atoms with E-state index in [4.69, 9.17) is 0 Å². The zero-order chi connectivity index (χ0) is 6.53. The largest absolute Gasteiger partial charge is 0.0657 e. The molecule has 1 aliphatic rings. The van der Waals surface area contributed by atoms with Gasteiger partial charge >= 0.3 is 0 Å². The van der Waals surface area contributed by atoms with Gasteiger partial charge in [0, 0.05) is 8.80 Å². The normalized spacial score (nSPS) is 22.3. The maximum Gasteiger partial charge on any atom is 0.0479 e. The molecule has 1 heterocycles. The first-order valence-corrected chi connectivity index (χ1v) is 6.39. The molecule has 53 valence electrons. The van der Waals surface area contributed by atoms with Gasteiger partial charge in [0.15, 0.2) is 0 Å². The molecule has 0 atom stereocenters. The van der Waals surface area contributed by atoms with Gasteiger partial charge in [-0.05, 0) is 0 Å². The lowest BCUT2D eigenvalue weighted by Gasteiger charge is -2.18. The minimum Gasteiger partial charge on any atom is -0.0657 e. The Balaban J connectivity index is 2.08. The SMILES string of the molecule is CCC[Si]1CCCCC1. The van der Waals surface area contributed by atoms with Gasteiger partial charge in [-0.25, -0.2) is 0 Å². The quantitative estimate of drug-likeness (QED) is 0.518. The van der Waals surface area contributed by atoms with Gasteiger partial charge in [-0.2, -0.15) is 0 Å². The third kappa shape index (κ3) is 2.52. The molecule has 0 nitrogen and oxygen atoms in total. The third-order valence-corrected chi connectivity index (χ3v) is 5.49. The van der Waals surface area contributed by atoms with Gasteiger partial charge in [0.25, 0.3) is 0 Å². The van der Waals surface area contributed by atoms with Crippen molar-refractivity contribution in [2.24, 2.45) is 0 Å². The van der Waals surface area contributed by atoms with Gasteiger partial charge in [-0.15, -0.1) is 0 Å². The molecular weight excluding hydrogens is 124 g/mol. The van der Waals surface area contributed by atoms with Crippen molar-refractivity contribution in [2.75, 3.05) is 0 Å². The average Bonchev–Trinajstić information content (AvgIpc) is 1.91. The van der Waals surface area contributed by atoms with Crippen LogP contribution in [0, 0.1) is 0 Å². The van der Waals surface area contributed by atoms with E-state index in [1.807, 2.05) is 0 Å². The van der Waals surface area contributed by atoms with E-state index in [1.165, 1.54) is 12.8 Å². The highest BCUT2D eigenvalue weighted by Gasteiger charge is 2.12. The molecule has 9 heavy (non-hydrogen) atoms. The lowest BCUT2D eigenvalue weighted by Crippen LogP contribution is -2.14. The highest BCUT2D eigenvalue weighted by molar-refractivity contribution is 6.58. The fourth-order valence-electron chi connectivity index (χ4n) is 1.66. The second kappa shape index (κ2) is 4.10. The summed E-state index contributed by atoms with van der Waals surface area (Å²) in [6.07, 6.45) is 6.06. The fraction of sp³-hybridized carbons (Fsp3) is 1.00. The predicted molar refractivity (Wildman–Crippen MR) is 44.3 cm³/mol. The second-order valence-corrected chi connectivity index (χ2v) is 6.06. The van der Waals surface area contributed by atoms with Crippen LogP contribution in [-0.2, 0) is 0 Å². The molecule has 1 fully saturated rings. The summed E-state index contributed by atoms with van der Waals surface area (Å²) in [5, 5.41) is 0. The van der Waals surface area contributed by atoms with Gasteiger partial charge in [-0.1, -0.05) is 50.7 Å². The van der Waals surface area contributed by atoms with Gasteiger partial charge in [-0.3, -0.25) is 0 Å². The standard InChI is InChI=1S/C8H17Si/c1-2-6-9-7-4-3-5-8-9/h2-8H2,1H3. The Morgan fingerprint density at radius 2 is 1.78 bits per heavy atom. The highest BCUT2D eigenvalue weighted by atomic mass is 28.3. The van der Waals surface area contributed by atoms with Crippen molar-refractivity contribution in [3.8, 4) is 0 Å². The lowest BCUT2D eigenvalue weighted by atomic mass is 10.3. The summed E-state index contributed by atoms with van der Waals surface area (Å²) < 4.78 is 0. The van der Waals surface area contributed by atoms with Crippen LogP contribution in [0.2, 0.25) is 18.1 Å². The van der Waals surface area contributed by atoms with E-state index in [2.05, 4.69) is 6.92 Å². The first-order chi connectivity index (χ1) is 4.43. The average molecular weight is 141 g/mol. The smallest absolute Gasteiger partial charge is 0.0479 e. The number of hydrogen-bond acceptors (Lipinski definition) is 0. The molecule has 1 rings (SSSR count). The summed E-state index contributed by atoms with van der Waals surface area (Å²) in [7, 11) is 0.201. The molecule has 0 N–H and O–H groups in total. The Labute approximate surface area is 60.3 Å². The first-order valence-electron chi connectivity index (χ1n) is 4.27. The molecule has 1 saturated heterocycles. The van der Waals surface area contributed by atoms with Crippen molar-refractivity contribution >= 4 is 8.80 Å². The molecule has 0 unspecified atom stereocenters. The van der Waals surface area contributed by atoms with Crippen molar-refractivity contribution in [3.05, 3.63) is 0 Å². The van der Waals surface area contributed by atoms with Crippen LogP contribution in [0.5, 0.6) is 0 Å². The van der Waals surface area contributed by atoms with Crippen LogP contribution in [0.4, 0.5) is 0 Å². The van der Waals surface area contributed by atoms with Crippen molar-refractivity contribution in [1.29, 1.82) is 0 Å². The topological polar surface area (TPSA) is 0 Å². The van der Waals surface area contributed by atoms with E-state index in [-0.39, 0.29) is 8.80 Å². The summed E-state index contributed by atoms with van der Waals surface area (Å²) in [6, 6.07) is 4.84. The zero-order valence-corrected chi connectivity index (χ0v) is 7.45. The second-order valence-electron chi connectivity index (χ2n) is 3.06. The van der Waals surface area contributed by atoms with Crippen LogP contribution >= 0.6 is 0 Å².